The average molecular weight is 454 g/mol. The van der Waals surface area contributed by atoms with Gasteiger partial charge in [-0.3, -0.25) is 9.89 Å². The van der Waals surface area contributed by atoms with E-state index in [1.807, 2.05) is 0 Å². The van der Waals surface area contributed by atoms with Crippen molar-refractivity contribution in [3.63, 3.8) is 0 Å². The summed E-state index contributed by atoms with van der Waals surface area (Å²) >= 11 is 12.0. The molecule has 152 valence electrons. The van der Waals surface area contributed by atoms with E-state index >= 15 is 0 Å². The van der Waals surface area contributed by atoms with Gasteiger partial charge in [-0.05, 0) is 41.5 Å². The lowest BCUT2D eigenvalue weighted by Gasteiger charge is -2.07. The van der Waals surface area contributed by atoms with Crippen LogP contribution >= 0.6 is 23.2 Å². The summed E-state index contributed by atoms with van der Waals surface area (Å²) in [6.45, 7) is 0. The fraction of sp³-hybridized carbons (Fsp3) is 0. The Bertz CT molecular complexity index is 1320. The highest BCUT2D eigenvalue weighted by atomic mass is 35.5. The summed E-state index contributed by atoms with van der Waals surface area (Å²) in [5, 5.41) is 10.1. The SMILES string of the molecule is O=C(Nc1n[nH]c2cc(-c3ccc(Cl)c(Cl)c3)ccc12)c1cc(F)c(F)c(F)c1F. The summed E-state index contributed by atoms with van der Waals surface area (Å²) in [5.41, 5.74) is 1.09. The van der Waals surface area contributed by atoms with Crippen LogP contribution in [0.5, 0.6) is 0 Å². The third-order valence-electron chi connectivity index (χ3n) is 4.39. The number of nitrogens with one attached hydrogen (secondary N) is 2. The molecule has 0 aliphatic rings. The third kappa shape index (κ3) is 3.48. The molecule has 0 saturated heterocycles. The number of carbonyl (C=O) groups excluding carboxylic acids is 1. The Morgan fingerprint density at radius 3 is 2.30 bits per heavy atom. The quantitative estimate of drug-likeness (QED) is 0.216. The summed E-state index contributed by atoms with van der Waals surface area (Å²) in [6, 6.07) is 10.5. The number of rotatable bonds is 3. The highest BCUT2D eigenvalue weighted by Crippen LogP contribution is 2.31. The molecule has 2 N–H and O–H groups in total. The topological polar surface area (TPSA) is 57.8 Å². The number of amides is 1. The first-order valence-electron chi connectivity index (χ1n) is 8.34. The van der Waals surface area contributed by atoms with Crippen LogP contribution in [0.2, 0.25) is 10.0 Å². The van der Waals surface area contributed by atoms with Gasteiger partial charge in [0.1, 0.15) is 0 Å². The molecule has 4 aromatic rings. The molecule has 0 atom stereocenters. The first-order chi connectivity index (χ1) is 14.3. The number of fused-ring (bicyclic) bond motifs is 1. The van der Waals surface area contributed by atoms with Gasteiger partial charge in [-0.25, -0.2) is 17.6 Å². The number of hydrogen-bond donors (Lipinski definition) is 2. The van der Waals surface area contributed by atoms with Gasteiger partial charge in [0.05, 0.1) is 21.1 Å². The van der Waals surface area contributed by atoms with Gasteiger partial charge in [0, 0.05) is 5.39 Å². The van der Waals surface area contributed by atoms with E-state index < -0.39 is 34.7 Å². The average Bonchev–Trinajstić information content (AvgIpc) is 3.13. The second-order valence-corrected chi connectivity index (χ2v) is 7.08. The van der Waals surface area contributed by atoms with Crippen molar-refractivity contribution < 1.29 is 22.4 Å². The lowest BCUT2D eigenvalue weighted by Crippen LogP contribution is -2.16. The number of halogens is 6. The Morgan fingerprint density at radius 1 is 0.867 bits per heavy atom. The van der Waals surface area contributed by atoms with E-state index in [1.54, 1.807) is 36.4 Å². The number of carbonyl (C=O) groups is 1. The van der Waals surface area contributed by atoms with Crippen LogP contribution in [0.15, 0.2) is 42.5 Å². The third-order valence-corrected chi connectivity index (χ3v) is 5.13. The van der Waals surface area contributed by atoms with E-state index in [2.05, 4.69) is 15.5 Å². The maximum Gasteiger partial charge on any atom is 0.260 e. The Morgan fingerprint density at radius 2 is 1.57 bits per heavy atom. The largest absolute Gasteiger partial charge is 0.304 e. The van der Waals surface area contributed by atoms with E-state index in [0.717, 1.165) is 11.1 Å². The van der Waals surface area contributed by atoms with E-state index in [9.17, 15) is 22.4 Å². The number of hydrogen-bond acceptors (Lipinski definition) is 2. The van der Waals surface area contributed by atoms with Crippen LogP contribution in [0.3, 0.4) is 0 Å². The van der Waals surface area contributed by atoms with E-state index in [-0.39, 0.29) is 11.9 Å². The number of aromatic nitrogens is 2. The molecular formula is C20H9Cl2F4N3O. The normalized spacial score (nSPS) is 11.1. The maximum atomic E-state index is 13.8. The molecule has 1 heterocycles. The van der Waals surface area contributed by atoms with Crippen molar-refractivity contribution in [3.8, 4) is 11.1 Å². The lowest BCUT2D eigenvalue weighted by molar-refractivity contribution is 0.102. The molecule has 0 fully saturated rings. The molecule has 0 spiro atoms. The monoisotopic (exact) mass is 453 g/mol. The molecule has 0 unspecified atom stereocenters. The highest BCUT2D eigenvalue weighted by Gasteiger charge is 2.24. The van der Waals surface area contributed by atoms with Crippen molar-refractivity contribution in [2.75, 3.05) is 5.32 Å². The first kappa shape index (κ1) is 20.2. The van der Waals surface area contributed by atoms with Crippen LogP contribution in [0.1, 0.15) is 10.4 Å². The van der Waals surface area contributed by atoms with Gasteiger partial charge in [0.25, 0.3) is 5.91 Å². The minimum atomic E-state index is -2.07. The molecule has 10 heteroatoms. The van der Waals surface area contributed by atoms with Crippen LogP contribution in [0, 0.1) is 23.3 Å². The minimum Gasteiger partial charge on any atom is -0.304 e. The van der Waals surface area contributed by atoms with Crippen molar-refractivity contribution in [1.82, 2.24) is 10.2 Å². The zero-order valence-electron chi connectivity index (χ0n) is 14.7. The van der Waals surface area contributed by atoms with Crippen molar-refractivity contribution in [2.45, 2.75) is 0 Å². The van der Waals surface area contributed by atoms with Crippen LogP contribution in [0.4, 0.5) is 23.4 Å². The predicted octanol–water partition coefficient (Wildman–Crippen LogP) is 6.35. The number of benzene rings is 3. The van der Waals surface area contributed by atoms with Crippen LogP contribution < -0.4 is 5.32 Å². The number of nitrogens with zero attached hydrogens (tertiary/aromatic N) is 1. The molecule has 4 nitrogen and oxygen atoms in total. The van der Waals surface area contributed by atoms with Crippen LogP contribution in [-0.4, -0.2) is 16.1 Å². The first-order valence-corrected chi connectivity index (χ1v) is 9.09. The zero-order chi connectivity index (χ0) is 21.6. The van der Waals surface area contributed by atoms with Gasteiger partial charge in [-0.1, -0.05) is 35.3 Å². The van der Waals surface area contributed by atoms with Gasteiger partial charge < -0.3 is 5.32 Å². The molecule has 4 rings (SSSR count). The van der Waals surface area contributed by atoms with Crippen molar-refractivity contribution >= 4 is 45.8 Å². The van der Waals surface area contributed by atoms with E-state index in [1.165, 1.54) is 0 Å². The summed E-state index contributed by atoms with van der Waals surface area (Å²) in [4.78, 5) is 12.3. The molecule has 3 aromatic carbocycles. The Hall–Kier alpha value is -3.10. The van der Waals surface area contributed by atoms with E-state index in [0.29, 0.717) is 20.9 Å². The Kier molecular flexibility index (Phi) is 5.13. The van der Waals surface area contributed by atoms with Crippen molar-refractivity contribution in [1.29, 1.82) is 0 Å². The molecule has 0 aliphatic carbocycles. The fourth-order valence-electron chi connectivity index (χ4n) is 2.88. The van der Waals surface area contributed by atoms with Crippen LogP contribution in [0.25, 0.3) is 22.0 Å². The summed E-state index contributed by atoms with van der Waals surface area (Å²) in [5.74, 6) is -8.74. The smallest absolute Gasteiger partial charge is 0.260 e. The van der Waals surface area contributed by atoms with E-state index in [4.69, 9.17) is 23.2 Å². The molecule has 0 saturated carbocycles. The maximum absolute atomic E-state index is 13.8. The predicted molar refractivity (Wildman–Crippen MR) is 106 cm³/mol. The Labute approximate surface area is 176 Å². The van der Waals surface area contributed by atoms with Gasteiger partial charge in [-0.2, -0.15) is 5.10 Å². The second-order valence-electron chi connectivity index (χ2n) is 6.26. The van der Waals surface area contributed by atoms with Gasteiger partial charge in [0.15, 0.2) is 29.1 Å². The van der Waals surface area contributed by atoms with Gasteiger partial charge in [-0.15, -0.1) is 0 Å². The van der Waals surface area contributed by atoms with Crippen molar-refractivity contribution in [3.05, 3.63) is 81.3 Å². The van der Waals surface area contributed by atoms with Gasteiger partial charge in [0.2, 0.25) is 0 Å². The number of anilines is 1. The van der Waals surface area contributed by atoms with Crippen molar-refractivity contribution in [2.24, 2.45) is 0 Å². The highest BCUT2D eigenvalue weighted by molar-refractivity contribution is 6.42. The summed E-state index contributed by atoms with van der Waals surface area (Å²) < 4.78 is 53.7. The molecular weight excluding hydrogens is 445 g/mol. The number of H-pyrrole nitrogens is 1. The molecule has 0 aliphatic heterocycles. The zero-order valence-corrected chi connectivity index (χ0v) is 16.2. The number of aromatic amines is 1. The standard InChI is InChI=1S/C20H9Cl2F4N3O/c21-12-4-2-8(5-13(12)22)9-1-3-10-15(6-9)28-29-19(10)27-20(30)11-7-14(23)17(25)18(26)16(11)24/h1-7H,(H2,27,28,29,30). The molecule has 0 radical (unpaired) electrons. The fourth-order valence-corrected chi connectivity index (χ4v) is 3.18. The summed E-state index contributed by atoms with van der Waals surface area (Å²) in [6.07, 6.45) is 0. The minimum absolute atomic E-state index is 0.000213. The second kappa shape index (κ2) is 7.62. The summed E-state index contributed by atoms with van der Waals surface area (Å²) in [7, 11) is 0. The molecule has 30 heavy (non-hydrogen) atoms. The van der Waals surface area contributed by atoms with Crippen LogP contribution in [-0.2, 0) is 0 Å². The lowest BCUT2D eigenvalue weighted by atomic mass is 10.0. The molecule has 1 aromatic heterocycles. The molecule has 0 bridgehead atoms. The van der Waals surface area contributed by atoms with Gasteiger partial charge >= 0.3 is 0 Å². The Balaban J connectivity index is 1.66. The molecule has 1 amide bonds.